The molecule has 3 saturated heterocycles. The molecular formula is C25H35N3O7S. The minimum atomic E-state index is -1.12. The number of rotatable bonds is 9. The summed E-state index contributed by atoms with van der Waals surface area (Å²) in [6.07, 6.45) is 1.94. The highest BCUT2D eigenvalue weighted by Gasteiger charge is 2.60. The zero-order valence-electron chi connectivity index (χ0n) is 21.2. The number of Topliss-reactive ketones (excluding diaryl/α,β-unsaturated/α-hetero) is 1. The van der Waals surface area contributed by atoms with Gasteiger partial charge >= 0.3 is 11.9 Å². The van der Waals surface area contributed by atoms with Crippen molar-refractivity contribution in [1.82, 2.24) is 15.1 Å². The number of hydrogen-bond acceptors (Lipinski definition) is 8. The molecule has 10 nitrogen and oxygen atoms in total. The summed E-state index contributed by atoms with van der Waals surface area (Å²) in [4.78, 5) is 65.2. The Bertz CT molecular complexity index is 998. The molecule has 0 bridgehead atoms. The summed E-state index contributed by atoms with van der Waals surface area (Å²) in [6.45, 7) is 7.04. The average Bonchev–Trinajstić information content (AvgIpc) is 3.51. The number of β-lactam (4-membered cyclic amide) rings is 1. The highest BCUT2D eigenvalue weighted by molar-refractivity contribution is 8.03. The monoisotopic (exact) mass is 521 g/mol. The van der Waals surface area contributed by atoms with Crippen LogP contribution in [0.2, 0.25) is 0 Å². The third-order valence-electron chi connectivity index (χ3n) is 7.98. The second kappa shape index (κ2) is 10.5. The van der Waals surface area contributed by atoms with Gasteiger partial charge < -0.3 is 29.8 Å². The zero-order valence-corrected chi connectivity index (χ0v) is 22.0. The fourth-order valence-electron chi connectivity index (χ4n) is 6.25. The molecule has 0 unspecified atom stereocenters. The molecule has 0 radical (unpaired) electrons. The summed E-state index contributed by atoms with van der Waals surface area (Å²) in [5, 5.41) is 13.2. The summed E-state index contributed by atoms with van der Waals surface area (Å²) in [6, 6.07) is -0.601. The van der Waals surface area contributed by atoms with Gasteiger partial charge in [0, 0.05) is 42.1 Å². The lowest BCUT2D eigenvalue weighted by molar-refractivity contribution is -0.160. The second-order valence-corrected chi connectivity index (χ2v) is 11.9. The molecule has 198 valence electrons. The molecule has 3 fully saturated rings. The van der Waals surface area contributed by atoms with Gasteiger partial charge in [-0.1, -0.05) is 13.8 Å². The van der Waals surface area contributed by atoms with Gasteiger partial charge in [0.2, 0.25) is 11.8 Å². The van der Waals surface area contributed by atoms with Crippen LogP contribution in [0.5, 0.6) is 0 Å². The Kier molecular flexibility index (Phi) is 7.80. The zero-order chi connectivity index (χ0) is 26.3. The van der Waals surface area contributed by atoms with Crippen LogP contribution in [0.1, 0.15) is 46.5 Å². The van der Waals surface area contributed by atoms with Gasteiger partial charge in [-0.25, -0.2) is 4.79 Å². The van der Waals surface area contributed by atoms with E-state index >= 15 is 0 Å². The van der Waals surface area contributed by atoms with Crippen LogP contribution < -0.4 is 5.32 Å². The van der Waals surface area contributed by atoms with Gasteiger partial charge in [0.05, 0.1) is 31.5 Å². The number of nitrogens with zero attached hydrogens (tertiary/aromatic N) is 2. The molecule has 36 heavy (non-hydrogen) atoms. The maximum Gasteiger partial charge on any atom is 0.353 e. The van der Waals surface area contributed by atoms with E-state index in [-0.39, 0.29) is 70.3 Å². The first-order valence-electron chi connectivity index (χ1n) is 12.6. The number of hydrogen-bond donors (Lipinski definition) is 2. The van der Waals surface area contributed by atoms with E-state index in [1.165, 1.54) is 30.7 Å². The van der Waals surface area contributed by atoms with Crippen LogP contribution in [0.3, 0.4) is 0 Å². The lowest BCUT2D eigenvalue weighted by atomic mass is 9.73. The van der Waals surface area contributed by atoms with Crippen molar-refractivity contribution in [3.63, 3.8) is 0 Å². The van der Waals surface area contributed by atoms with Crippen molar-refractivity contribution in [2.24, 2.45) is 23.7 Å². The summed E-state index contributed by atoms with van der Waals surface area (Å²) in [5.74, 6) is -2.12. The van der Waals surface area contributed by atoms with Crippen molar-refractivity contribution < 1.29 is 33.8 Å². The third kappa shape index (κ3) is 4.91. The van der Waals surface area contributed by atoms with Crippen LogP contribution in [0.25, 0.3) is 0 Å². The predicted molar refractivity (Wildman–Crippen MR) is 132 cm³/mol. The number of carboxylic acids is 1. The highest BCUT2D eigenvalue weighted by Crippen LogP contribution is 2.53. The van der Waals surface area contributed by atoms with E-state index < -0.39 is 5.97 Å². The topological polar surface area (TPSA) is 133 Å². The molecule has 4 heterocycles. The normalized spacial score (nSPS) is 32.4. The first kappa shape index (κ1) is 26.7. The van der Waals surface area contributed by atoms with Gasteiger partial charge in [0.25, 0.3) is 0 Å². The number of nitrogens with one attached hydrogen (secondary N) is 1. The van der Waals surface area contributed by atoms with Crippen molar-refractivity contribution >= 4 is 41.3 Å². The van der Waals surface area contributed by atoms with Gasteiger partial charge in [-0.2, -0.15) is 0 Å². The van der Waals surface area contributed by atoms with E-state index in [1.807, 2.05) is 13.8 Å². The molecule has 2 amide bonds. The summed E-state index contributed by atoms with van der Waals surface area (Å²) < 4.78 is 4.74. The number of ketones is 1. The number of methoxy groups -OCH3 is 1. The fraction of sp³-hybridized carbons (Fsp3) is 0.720. The van der Waals surface area contributed by atoms with Crippen LogP contribution in [0, 0.1) is 23.7 Å². The first-order chi connectivity index (χ1) is 17.0. The minimum Gasteiger partial charge on any atom is -0.477 e. The standard InChI is InChI=1S/C25H35N3O7S/c1-12(7-13(2)29)19-20-14(3)22(21(25(33)34)28(20)24(19)32)36-16-9-17(26-10-16)23(31)27-6-5-15(11-27)8-18(30)35-4/h12,14-17,19-20,26H,5-11H2,1-4H3,(H,33,34)/t12-,14+,15+,16-,17-,19+,20+/m0/s1. The van der Waals surface area contributed by atoms with Crippen LogP contribution in [-0.2, 0) is 28.7 Å². The first-order valence-corrected chi connectivity index (χ1v) is 13.5. The van der Waals surface area contributed by atoms with Gasteiger partial charge in [0.1, 0.15) is 11.5 Å². The van der Waals surface area contributed by atoms with Gasteiger partial charge in [-0.05, 0) is 31.6 Å². The molecule has 0 spiro atoms. The second-order valence-electron chi connectivity index (χ2n) is 10.6. The van der Waals surface area contributed by atoms with Crippen molar-refractivity contribution in [1.29, 1.82) is 0 Å². The molecule has 4 aliphatic heterocycles. The summed E-state index contributed by atoms with van der Waals surface area (Å²) in [7, 11) is 1.36. The molecule has 4 rings (SSSR count). The van der Waals surface area contributed by atoms with Crippen molar-refractivity contribution in [3.05, 3.63) is 10.6 Å². The molecule has 7 atom stereocenters. The maximum absolute atomic E-state index is 13.1. The van der Waals surface area contributed by atoms with Gasteiger partial charge in [-0.15, -0.1) is 11.8 Å². The van der Waals surface area contributed by atoms with Crippen molar-refractivity contribution in [2.45, 2.75) is 63.8 Å². The SMILES string of the molecule is COC(=O)C[C@H]1CCN(C(=O)[C@@H]2C[C@H](SC3=C(C(=O)O)N4C(=O)[C@H]([C@@H](C)CC(C)=O)[C@H]4[C@H]3C)CN2)C1. The molecular weight excluding hydrogens is 486 g/mol. The Morgan fingerprint density at radius 1 is 1.28 bits per heavy atom. The van der Waals surface area contributed by atoms with Crippen LogP contribution in [0.15, 0.2) is 10.6 Å². The Morgan fingerprint density at radius 3 is 2.64 bits per heavy atom. The molecule has 0 aliphatic carbocycles. The number of thioether (sulfide) groups is 1. The van der Waals surface area contributed by atoms with E-state index in [0.717, 1.165) is 6.42 Å². The molecule has 11 heteroatoms. The Morgan fingerprint density at radius 2 is 2.00 bits per heavy atom. The number of fused-ring (bicyclic) bond motifs is 1. The van der Waals surface area contributed by atoms with Crippen molar-refractivity contribution in [2.75, 3.05) is 26.7 Å². The molecule has 2 N–H and O–H groups in total. The lowest BCUT2D eigenvalue weighted by Gasteiger charge is -2.47. The minimum absolute atomic E-state index is 0.00103. The number of ether oxygens (including phenoxy) is 1. The van der Waals surface area contributed by atoms with E-state index in [1.54, 1.807) is 4.90 Å². The molecule has 0 saturated carbocycles. The maximum atomic E-state index is 13.1. The summed E-state index contributed by atoms with van der Waals surface area (Å²) in [5.41, 5.74) is 0.0498. The Labute approximate surface area is 215 Å². The van der Waals surface area contributed by atoms with Crippen LogP contribution in [-0.4, -0.2) is 88.5 Å². The van der Waals surface area contributed by atoms with Crippen LogP contribution >= 0.6 is 11.8 Å². The van der Waals surface area contributed by atoms with E-state index in [0.29, 0.717) is 43.8 Å². The molecule has 0 aromatic heterocycles. The lowest BCUT2D eigenvalue weighted by Crippen LogP contribution is -2.62. The molecule has 0 aromatic carbocycles. The van der Waals surface area contributed by atoms with Crippen LogP contribution in [0.4, 0.5) is 0 Å². The number of aliphatic carboxylic acids is 1. The number of amides is 2. The number of likely N-dealkylation sites (tertiary alicyclic amines) is 1. The number of carboxylic acid groups (broad SMARTS) is 1. The van der Waals surface area contributed by atoms with E-state index in [4.69, 9.17) is 4.74 Å². The number of carbonyl (C=O) groups excluding carboxylic acids is 4. The van der Waals surface area contributed by atoms with Gasteiger partial charge in [0.15, 0.2) is 0 Å². The molecule has 4 aliphatic rings. The summed E-state index contributed by atoms with van der Waals surface area (Å²) >= 11 is 1.46. The third-order valence-corrected chi connectivity index (χ3v) is 9.49. The quantitative estimate of drug-likeness (QED) is 0.340. The Balaban J connectivity index is 1.39. The van der Waals surface area contributed by atoms with Crippen molar-refractivity contribution in [3.8, 4) is 0 Å². The molecule has 0 aromatic rings. The number of carbonyl (C=O) groups is 5. The largest absolute Gasteiger partial charge is 0.477 e. The smallest absolute Gasteiger partial charge is 0.353 e. The Hall–Kier alpha value is -2.40. The van der Waals surface area contributed by atoms with E-state index in [2.05, 4.69) is 5.32 Å². The highest BCUT2D eigenvalue weighted by atomic mass is 32.2. The predicted octanol–water partition coefficient (Wildman–Crippen LogP) is 1.25. The van der Waals surface area contributed by atoms with Gasteiger partial charge in [-0.3, -0.25) is 14.4 Å². The van der Waals surface area contributed by atoms with E-state index in [9.17, 15) is 29.1 Å². The fourth-order valence-corrected chi connectivity index (χ4v) is 7.73. The average molecular weight is 522 g/mol. The number of esters is 1.